The number of carbonyl (C=O) groups is 3. The highest BCUT2D eigenvalue weighted by Crippen LogP contribution is 2.17. The zero-order chi connectivity index (χ0) is 21.6. The fourth-order valence-electron chi connectivity index (χ4n) is 2.36. The van der Waals surface area contributed by atoms with Gasteiger partial charge in [-0.05, 0) is 55.8 Å². The monoisotopic (exact) mass is 419 g/mol. The Labute approximate surface area is 168 Å². The second-order valence-electron chi connectivity index (χ2n) is 6.17. The molecule has 2 aromatic carbocycles. The molecule has 0 unspecified atom stereocenters. The van der Waals surface area contributed by atoms with Gasteiger partial charge in [-0.2, -0.15) is 0 Å². The lowest BCUT2D eigenvalue weighted by Gasteiger charge is -2.09. The van der Waals surface area contributed by atoms with Gasteiger partial charge >= 0.3 is 11.9 Å². The Kier molecular flexibility index (Phi) is 7.11. The summed E-state index contributed by atoms with van der Waals surface area (Å²) in [6.07, 6.45) is 1.04. The lowest BCUT2D eigenvalue weighted by atomic mass is 10.1. The van der Waals surface area contributed by atoms with Crippen molar-refractivity contribution in [3.8, 4) is 0 Å². The van der Waals surface area contributed by atoms with E-state index in [1.165, 1.54) is 42.5 Å². The van der Waals surface area contributed by atoms with Crippen LogP contribution in [-0.4, -0.2) is 45.7 Å². The molecule has 1 amide bonds. The Bertz CT molecular complexity index is 1030. The Morgan fingerprint density at radius 1 is 0.966 bits per heavy atom. The van der Waals surface area contributed by atoms with Gasteiger partial charge in [-0.15, -0.1) is 0 Å². The molecular weight excluding hydrogens is 398 g/mol. The lowest BCUT2D eigenvalue weighted by Crippen LogP contribution is -2.21. The van der Waals surface area contributed by atoms with E-state index in [2.05, 4.69) is 5.32 Å². The average Bonchev–Trinajstić information content (AvgIpc) is 2.66. The minimum atomic E-state index is -3.48. The number of amides is 1. The van der Waals surface area contributed by atoms with Gasteiger partial charge in [-0.3, -0.25) is 4.79 Å². The van der Waals surface area contributed by atoms with E-state index < -0.39 is 34.3 Å². The number of carbonyl (C=O) groups excluding carboxylic acids is 3. The molecule has 0 aliphatic heterocycles. The molecule has 0 aromatic heterocycles. The smallest absolute Gasteiger partial charge is 0.338 e. The summed E-state index contributed by atoms with van der Waals surface area (Å²) in [5.74, 6) is -1.86. The number of anilines is 1. The van der Waals surface area contributed by atoms with Crippen molar-refractivity contribution in [3.63, 3.8) is 0 Å². The Morgan fingerprint density at radius 3 is 2.21 bits per heavy atom. The van der Waals surface area contributed by atoms with Crippen molar-refractivity contribution in [3.05, 3.63) is 59.2 Å². The van der Waals surface area contributed by atoms with Crippen LogP contribution in [0.2, 0.25) is 0 Å². The summed E-state index contributed by atoms with van der Waals surface area (Å²) in [5, 5.41) is 2.53. The summed E-state index contributed by atoms with van der Waals surface area (Å²) in [6.45, 7) is 3.04. The molecular formula is C20H21NO7S. The van der Waals surface area contributed by atoms with Gasteiger partial charge in [-0.1, -0.05) is 6.07 Å². The quantitative estimate of drug-likeness (QED) is 0.685. The highest BCUT2D eigenvalue weighted by Gasteiger charge is 2.17. The van der Waals surface area contributed by atoms with Crippen LogP contribution >= 0.6 is 0 Å². The summed E-state index contributed by atoms with van der Waals surface area (Å²) in [4.78, 5) is 35.8. The van der Waals surface area contributed by atoms with Crippen LogP contribution in [0.25, 0.3) is 0 Å². The molecule has 0 saturated heterocycles. The fourth-order valence-corrected chi connectivity index (χ4v) is 3.01. The fraction of sp³-hybridized carbons (Fsp3) is 0.250. The van der Waals surface area contributed by atoms with Crippen LogP contribution in [0.3, 0.4) is 0 Å². The second-order valence-corrected chi connectivity index (χ2v) is 8.19. The first-order valence-corrected chi connectivity index (χ1v) is 10.6. The summed E-state index contributed by atoms with van der Waals surface area (Å²) in [5.41, 5.74) is 1.35. The molecule has 0 radical (unpaired) electrons. The number of ether oxygens (including phenoxy) is 2. The van der Waals surface area contributed by atoms with Crippen molar-refractivity contribution in [1.29, 1.82) is 0 Å². The molecule has 1 N–H and O–H groups in total. The van der Waals surface area contributed by atoms with Crippen LogP contribution < -0.4 is 5.32 Å². The van der Waals surface area contributed by atoms with Crippen molar-refractivity contribution in [2.24, 2.45) is 0 Å². The topological polar surface area (TPSA) is 116 Å². The Morgan fingerprint density at radius 2 is 1.62 bits per heavy atom. The molecule has 0 aliphatic rings. The van der Waals surface area contributed by atoms with Crippen molar-refractivity contribution in [2.45, 2.75) is 18.7 Å². The van der Waals surface area contributed by atoms with Gasteiger partial charge in [0.2, 0.25) is 0 Å². The molecule has 8 nitrogen and oxygen atoms in total. The maximum Gasteiger partial charge on any atom is 0.338 e. The molecule has 9 heteroatoms. The molecule has 2 aromatic rings. The molecule has 0 heterocycles. The molecule has 0 aliphatic carbocycles. The highest BCUT2D eigenvalue weighted by molar-refractivity contribution is 7.90. The number of nitrogens with one attached hydrogen (secondary N) is 1. The van der Waals surface area contributed by atoms with Crippen LogP contribution in [0.1, 0.15) is 33.2 Å². The minimum Gasteiger partial charge on any atom is -0.462 e. The van der Waals surface area contributed by atoms with Gasteiger partial charge in [0.05, 0.1) is 22.6 Å². The van der Waals surface area contributed by atoms with E-state index >= 15 is 0 Å². The van der Waals surface area contributed by atoms with Crippen molar-refractivity contribution < 1.29 is 32.3 Å². The zero-order valence-corrected chi connectivity index (χ0v) is 17.0. The van der Waals surface area contributed by atoms with Gasteiger partial charge in [0.1, 0.15) is 0 Å². The van der Waals surface area contributed by atoms with Crippen molar-refractivity contribution >= 4 is 33.4 Å². The van der Waals surface area contributed by atoms with Gasteiger partial charge in [0.25, 0.3) is 5.91 Å². The number of hydrogen-bond acceptors (Lipinski definition) is 7. The minimum absolute atomic E-state index is 0.0128. The van der Waals surface area contributed by atoms with E-state index in [1.54, 1.807) is 13.8 Å². The molecule has 0 bridgehead atoms. The number of aryl methyl sites for hydroxylation is 1. The third kappa shape index (κ3) is 6.15. The van der Waals surface area contributed by atoms with E-state index in [9.17, 15) is 22.8 Å². The van der Waals surface area contributed by atoms with Gasteiger partial charge < -0.3 is 14.8 Å². The van der Waals surface area contributed by atoms with E-state index in [0.717, 1.165) is 6.26 Å². The van der Waals surface area contributed by atoms with Gasteiger partial charge in [0.15, 0.2) is 16.4 Å². The maximum atomic E-state index is 12.2. The van der Waals surface area contributed by atoms with Crippen LogP contribution in [0.4, 0.5) is 5.69 Å². The normalized spacial score (nSPS) is 10.9. The second kappa shape index (κ2) is 9.33. The molecule has 29 heavy (non-hydrogen) atoms. The predicted octanol–water partition coefficient (Wildman–Crippen LogP) is 2.37. The molecule has 0 atom stereocenters. The van der Waals surface area contributed by atoms with Crippen LogP contribution in [0.5, 0.6) is 0 Å². The van der Waals surface area contributed by atoms with Gasteiger partial charge in [-0.25, -0.2) is 18.0 Å². The van der Waals surface area contributed by atoms with Crippen LogP contribution in [0.15, 0.2) is 47.4 Å². The zero-order valence-electron chi connectivity index (χ0n) is 16.2. The molecule has 154 valence electrons. The Balaban J connectivity index is 1.97. The highest BCUT2D eigenvalue weighted by atomic mass is 32.2. The average molecular weight is 419 g/mol. The molecule has 0 saturated carbocycles. The van der Waals surface area contributed by atoms with Crippen LogP contribution in [-0.2, 0) is 24.1 Å². The van der Waals surface area contributed by atoms with Crippen molar-refractivity contribution in [2.75, 3.05) is 24.8 Å². The SMILES string of the molecule is CCOC(=O)c1ccc(NC(=O)COC(=O)c2cc(S(C)(=O)=O)ccc2C)cc1. The molecule has 0 spiro atoms. The first-order chi connectivity index (χ1) is 13.6. The third-order valence-electron chi connectivity index (χ3n) is 3.87. The summed E-state index contributed by atoms with van der Waals surface area (Å²) >= 11 is 0. The largest absolute Gasteiger partial charge is 0.462 e. The lowest BCUT2D eigenvalue weighted by molar-refractivity contribution is -0.119. The summed E-state index contributed by atoms with van der Waals surface area (Å²) < 4.78 is 33.1. The van der Waals surface area contributed by atoms with Crippen LogP contribution in [0, 0.1) is 6.92 Å². The predicted molar refractivity (Wildman–Crippen MR) is 106 cm³/mol. The summed E-state index contributed by atoms with van der Waals surface area (Å²) in [7, 11) is -3.48. The number of rotatable bonds is 7. The van der Waals surface area contributed by atoms with E-state index in [1.807, 2.05) is 0 Å². The third-order valence-corrected chi connectivity index (χ3v) is 4.98. The summed E-state index contributed by atoms with van der Waals surface area (Å²) in [6, 6.07) is 10.2. The van der Waals surface area contributed by atoms with E-state index in [-0.39, 0.29) is 17.1 Å². The first kappa shape index (κ1) is 22.1. The number of esters is 2. The number of benzene rings is 2. The first-order valence-electron chi connectivity index (χ1n) is 8.66. The van der Waals surface area contributed by atoms with E-state index in [0.29, 0.717) is 16.8 Å². The molecule has 2 rings (SSSR count). The Hall–Kier alpha value is -3.20. The number of hydrogen-bond donors (Lipinski definition) is 1. The van der Waals surface area contributed by atoms with Crippen molar-refractivity contribution in [1.82, 2.24) is 0 Å². The maximum absolute atomic E-state index is 12.2. The standard InChI is InChI=1S/C20H21NO7S/c1-4-27-19(23)14-6-8-15(9-7-14)21-18(22)12-28-20(24)17-11-16(29(3,25)26)10-5-13(17)2/h5-11H,4,12H2,1-3H3,(H,21,22). The number of sulfone groups is 1. The molecule has 0 fully saturated rings. The van der Waals surface area contributed by atoms with E-state index in [4.69, 9.17) is 9.47 Å². The van der Waals surface area contributed by atoms with Gasteiger partial charge in [0, 0.05) is 11.9 Å².